The highest BCUT2D eigenvalue weighted by Gasteiger charge is 2.42. The van der Waals surface area contributed by atoms with Crippen LogP contribution < -0.4 is 10.2 Å². The number of carbonyl (C=O) groups is 2. The van der Waals surface area contributed by atoms with E-state index >= 15 is 0 Å². The topological polar surface area (TPSA) is 52.7 Å². The van der Waals surface area contributed by atoms with Gasteiger partial charge in [-0.2, -0.15) is 0 Å². The number of hydrogen-bond acceptors (Lipinski definition) is 3. The Morgan fingerprint density at radius 3 is 2.64 bits per heavy atom. The van der Waals surface area contributed by atoms with Crippen LogP contribution in [0.15, 0.2) is 18.2 Å². The Morgan fingerprint density at radius 2 is 2.00 bits per heavy atom. The average molecular weight is 303 g/mol. The normalized spacial score (nSPS) is 16.1. The second-order valence-corrected chi connectivity index (χ2v) is 6.63. The van der Waals surface area contributed by atoms with Crippen molar-refractivity contribution in [2.75, 3.05) is 39.1 Å². The third-order valence-corrected chi connectivity index (χ3v) is 4.20. The van der Waals surface area contributed by atoms with E-state index in [0.717, 1.165) is 24.2 Å². The van der Waals surface area contributed by atoms with Crippen molar-refractivity contribution < 1.29 is 9.59 Å². The summed E-state index contributed by atoms with van der Waals surface area (Å²) in [7, 11) is 5.80. The Kier molecular flexibility index (Phi) is 4.56. The SMILES string of the molecule is CN(C)CCCNC(=O)c1ccc2c(c1)C(C)(C)C(=O)N2C. The molecule has 0 radical (unpaired) electrons. The fourth-order valence-corrected chi connectivity index (χ4v) is 2.81. The molecule has 0 aliphatic carbocycles. The molecule has 0 atom stereocenters. The van der Waals surface area contributed by atoms with Crippen molar-refractivity contribution in [2.24, 2.45) is 0 Å². The number of anilines is 1. The minimum atomic E-state index is -0.578. The number of benzene rings is 1. The molecule has 0 unspecified atom stereocenters. The first-order valence-electron chi connectivity index (χ1n) is 7.60. The highest BCUT2D eigenvalue weighted by molar-refractivity contribution is 6.08. The molecule has 120 valence electrons. The molecule has 0 spiro atoms. The van der Waals surface area contributed by atoms with Crippen molar-refractivity contribution >= 4 is 17.5 Å². The summed E-state index contributed by atoms with van der Waals surface area (Å²) in [5.41, 5.74) is 1.84. The summed E-state index contributed by atoms with van der Waals surface area (Å²) >= 11 is 0. The number of nitrogens with one attached hydrogen (secondary N) is 1. The van der Waals surface area contributed by atoms with Gasteiger partial charge in [0, 0.05) is 24.8 Å². The van der Waals surface area contributed by atoms with Crippen molar-refractivity contribution in [1.82, 2.24) is 10.2 Å². The average Bonchev–Trinajstić information content (AvgIpc) is 2.64. The van der Waals surface area contributed by atoms with Gasteiger partial charge in [0.2, 0.25) is 5.91 Å². The maximum Gasteiger partial charge on any atom is 0.251 e. The van der Waals surface area contributed by atoms with Gasteiger partial charge < -0.3 is 15.1 Å². The predicted molar refractivity (Wildman–Crippen MR) is 88.4 cm³/mol. The van der Waals surface area contributed by atoms with Crippen LogP contribution in [0.4, 0.5) is 5.69 Å². The van der Waals surface area contributed by atoms with Crippen molar-refractivity contribution in [3.8, 4) is 0 Å². The third-order valence-electron chi connectivity index (χ3n) is 4.20. The van der Waals surface area contributed by atoms with E-state index in [9.17, 15) is 9.59 Å². The van der Waals surface area contributed by atoms with Gasteiger partial charge in [-0.05, 0) is 64.7 Å². The van der Waals surface area contributed by atoms with Crippen LogP contribution in [0, 0.1) is 0 Å². The van der Waals surface area contributed by atoms with E-state index in [1.165, 1.54) is 0 Å². The largest absolute Gasteiger partial charge is 0.352 e. The number of rotatable bonds is 5. The fourth-order valence-electron chi connectivity index (χ4n) is 2.81. The molecule has 1 aliphatic rings. The van der Waals surface area contributed by atoms with Crippen molar-refractivity contribution in [3.05, 3.63) is 29.3 Å². The number of fused-ring (bicyclic) bond motifs is 1. The van der Waals surface area contributed by atoms with Gasteiger partial charge in [-0.15, -0.1) is 0 Å². The lowest BCUT2D eigenvalue weighted by Crippen LogP contribution is -2.33. The van der Waals surface area contributed by atoms with Gasteiger partial charge in [-0.25, -0.2) is 0 Å². The molecule has 22 heavy (non-hydrogen) atoms. The van der Waals surface area contributed by atoms with Crippen LogP contribution in [0.2, 0.25) is 0 Å². The summed E-state index contributed by atoms with van der Waals surface area (Å²) in [5.74, 6) is -0.0228. The highest BCUT2D eigenvalue weighted by Crippen LogP contribution is 2.40. The molecule has 0 saturated carbocycles. The Balaban J connectivity index is 2.10. The van der Waals surface area contributed by atoms with Crippen LogP contribution in [0.3, 0.4) is 0 Å². The molecule has 1 heterocycles. The maximum absolute atomic E-state index is 12.3. The number of nitrogens with zero attached hydrogens (tertiary/aromatic N) is 2. The van der Waals surface area contributed by atoms with Crippen LogP contribution in [0.1, 0.15) is 36.2 Å². The number of amides is 2. The van der Waals surface area contributed by atoms with E-state index in [1.807, 2.05) is 40.1 Å². The van der Waals surface area contributed by atoms with Crippen molar-refractivity contribution in [1.29, 1.82) is 0 Å². The lowest BCUT2D eigenvalue weighted by molar-refractivity contribution is -0.121. The van der Waals surface area contributed by atoms with Gasteiger partial charge in [-0.3, -0.25) is 9.59 Å². The zero-order valence-corrected chi connectivity index (χ0v) is 14.1. The second-order valence-electron chi connectivity index (χ2n) is 6.63. The third kappa shape index (κ3) is 2.99. The summed E-state index contributed by atoms with van der Waals surface area (Å²) in [6, 6.07) is 5.49. The van der Waals surface area contributed by atoms with E-state index in [4.69, 9.17) is 0 Å². The number of carbonyl (C=O) groups excluding carboxylic acids is 2. The van der Waals surface area contributed by atoms with E-state index in [0.29, 0.717) is 12.1 Å². The molecular weight excluding hydrogens is 278 g/mol. The molecule has 1 aliphatic heterocycles. The van der Waals surface area contributed by atoms with Gasteiger partial charge in [0.1, 0.15) is 0 Å². The molecule has 5 nitrogen and oxygen atoms in total. The monoisotopic (exact) mass is 303 g/mol. The summed E-state index contributed by atoms with van der Waals surface area (Å²) in [5, 5.41) is 2.93. The Hall–Kier alpha value is -1.88. The Labute approximate surface area is 132 Å². The van der Waals surface area contributed by atoms with Gasteiger partial charge >= 0.3 is 0 Å². The minimum absolute atomic E-state index is 0.0611. The number of hydrogen-bond donors (Lipinski definition) is 1. The molecule has 0 fully saturated rings. The van der Waals surface area contributed by atoms with Gasteiger partial charge in [0.25, 0.3) is 5.91 Å². The quantitative estimate of drug-likeness (QED) is 0.841. The van der Waals surface area contributed by atoms with Crippen LogP contribution in [0.25, 0.3) is 0 Å². The minimum Gasteiger partial charge on any atom is -0.352 e. The summed E-state index contributed by atoms with van der Waals surface area (Å²) in [6.45, 7) is 5.39. The summed E-state index contributed by atoms with van der Waals surface area (Å²) in [4.78, 5) is 28.3. The molecule has 2 amide bonds. The van der Waals surface area contributed by atoms with Crippen molar-refractivity contribution in [3.63, 3.8) is 0 Å². The molecule has 1 N–H and O–H groups in total. The molecule has 1 aromatic rings. The van der Waals surface area contributed by atoms with Crippen LogP contribution in [-0.4, -0.2) is 50.9 Å². The molecule has 0 aromatic heterocycles. The van der Waals surface area contributed by atoms with Gasteiger partial charge in [-0.1, -0.05) is 0 Å². The Bertz CT molecular complexity index is 594. The van der Waals surface area contributed by atoms with E-state index in [-0.39, 0.29) is 11.8 Å². The zero-order valence-electron chi connectivity index (χ0n) is 14.1. The number of likely N-dealkylation sites (N-methyl/N-ethyl adjacent to an activating group) is 1. The first-order valence-corrected chi connectivity index (χ1v) is 7.60. The van der Waals surface area contributed by atoms with E-state index in [2.05, 4.69) is 10.2 Å². The van der Waals surface area contributed by atoms with E-state index < -0.39 is 5.41 Å². The van der Waals surface area contributed by atoms with Crippen molar-refractivity contribution in [2.45, 2.75) is 25.7 Å². The second kappa shape index (κ2) is 6.08. The predicted octanol–water partition coefficient (Wildman–Crippen LogP) is 1.62. The fraction of sp³-hybridized carbons (Fsp3) is 0.529. The summed E-state index contributed by atoms with van der Waals surface area (Å²) in [6.07, 6.45) is 0.913. The van der Waals surface area contributed by atoms with Gasteiger partial charge in [0.05, 0.1) is 5.41 Å². The van der Waals surface area contributed by atoms with Gasteiger partial charge in [0.15, 0.2) is 0 Å². The molecule has 1 aromatic carbocycles. The van der Waals surface area contributed by atoms with Crippen LogP contribution in [-0.2, 0) is 10.2 Å². The molecule has 2 rings (SSSR count). The van der Waals surface area contributed by atoms with E-state index in [1.54, 1.807) is 18.0 Å². The first-order chi connectivity index (χ1) is 10.2. The first kappa shape index (κ1) is 16.5. The summed E-state index contributed by atoms with van der Waals surface area (Å²) < 4.78 is 0. The smallest absolute Gasteiger partial charge is 0.251 e. The lowest BCUT2D eigenvalue weighted by atomic mass is 9.85. The van der Waals surface area contributed by atoms with Crippen LogP contribution in [0.5, 0.6) is 0 Å². The molecular formula is C17H25N3O2. The molecule has 5 heteroatoms. The highest BCUT2D eigenvalue weighted by atomic mass is 16.2. The van der Waals surface area contributed by atoms with Crippen LogP contribution >= 0.6 is 0 Å². The Morgan fingerprint density at radius 1 is 1.32 bits per heavy atom. The zero-order chi connectivity index (χ0) is 16.5. The molecule has 0 bridgehead atoms. The lowest BCUT2D eigenvalue weighted by Gasteiger charge is -2.16. The molecule has 0 saturated heterocycles. The standard InChI is InChI=1S/C17H25N3O2/c1-17(2)13-11-12(7-8-14(13)20(5)16(17)22)15(21)18-9-6-10-19(3)4/h7-8,11H,6,9-10H2,1-5H3,(H,18,21). The maximum atomic E-state index is 12.3.